The van der Waals surface area contributed by atoms with Crippen molar-refractivity contribution in [2.24, 2.45) is 0 Å². The van der Waals surface area contributed by atoms with Crippen molar-refractivity contribution in [1.82, 2.24) is 0 Å². The number of unbranched alkanes of at least 4 members (excludes halogenated alkanes) is 20. The number of ether oxygens (including phenoxy) is 3. The van der Waals surface area contributed by atoms with Crippen LogP contribution in [-0.2, 0) is 28.6 Å². The van der Waals surface area contributed by atoms with Gasteiger partial charge in [0.05, 0.1) is 0 Å². The third kappa shape index (κ3) is 50.5. The molecule has 0 heterocycles. The summed E-state index contributed by atoms with van der Waals surface area (Å²) in [7, 11) is 0. The quantitative estimate of drug-likeness (QED) is 0.0199. The Morgan fingerprint density at radius 1 is 0.318 bits per heavy atom. The van der Waals surface area contributed by atoms with Gasteiger partial charge in [0.1, 0.15) is 13.2 Å². The Morgan fingerprint density at radius 2 is 0.606 bits per heavy atom. The number of esters is 3. The molecule has 0 aromatic rings. The molecule has 0 aromatic heterocycles. The highest BCUT2D eigenvalue weighted by Gasteiger charge is 2.19. The lowest BCUT2D eigenvalue weighted by molar-refractivity contribution is -0.167. The predicted molar refractivity (Wildman–Crippen MR) is 283 cm³/mol. The van der Waals surface area contributed by atoms with Crippen molar-refractivity contribution in [3.05, 3.63) is 134 Å². The Morgan fingerprint density at radius 3 is 0.985 bits per heavy atom. The molecule has 0 bridgehead atoms. The molecular formula is C60H94O6. The van der Waals surface area contributed by atoms with E-state index in [1.54, 1.807) is 0 Å². The molecule has 6 heteroatoms. The maximum absolute atomic E-state index is 12.8. The SMILES string of the molecule is CC\C=C/C=C\C=C/C=C\C=C\C=C/CCCCCC(=O)OCC(COC(=O)CCCCCCC\C=C/C=C\C=C/C=C\CC)OC(=O)CCCCCCC/C=C\CCCCCCCCC. The second-order valence-corrected chi connectivity index (χ2v) is 16.9. The third-order valence-electron chi connectivity index (χ3n) is 10.6. The second-order valence-electron chi connectivity index (χ2n) is 16.9. The van der Waals surface area contributed by atoms with Crippen molar-refractivity contribution < 1.29 is 28.6 Å². The number of rotatable bonds is 45. The van der Waals surface area contributed by atoms with Gasteiger partial charge in [-0.2, -0.15) is 0 Å². The highest BCUT2D eigenvalue weighted by molar-refractivity contribution is 5.71. The highest BCUT2D eigenvalue weighted by Crippen LogP contribution is 2.13. The highest BCUT2D eigenvalue weighted by atomic mass is 16.6. The molecular weight excluding hydrogens is 817 g/mol. The van der Waals surface area contributed by atoms with E-state index in [1.165, 1.54) is 57.8 Å². The fourth-order valence-electron chi connectivity index (χ4n) is 6.71. The molecule has 0 aromatic carbocycles. The molecule has 1 unspecified atom stereocenters. The van der Waals surface area contributed by atoms with Crippen molar-refractivity contribution in [3.8, 4) is 0 Å². The van der Waals surface area contributed by atoms with Gasteiger partial charge in [-0.15, -0.1) is 0 Å². The van der Waals surface area contributed by atoms with Crippen molar-refractivity contribution in [2.75, 3.05) is 13.2 Å². The first kappa shape index (κ1) is 61.5. The molecule has 0 N–H and O–H groups in total. The lowest BCUT2D eigenvalue weighted by Crippen LogP contribution is -2.30. The lowest BCUT2D eigenvalue weighted by atomic mass is 10.1. The molecule has 1 atom stereocenters. The summed E-state index contributed by atoms with van der Waals surface area (Å²) >= 11 is 0. The maximum Gasteiger partial charge on any atom is 0.306 e. The van der Waals surface area contributed by atoms with Gasteiger partial charge < -0.3 is 14.2 Å². The molecule has 0 aliphatic rings. The van der Waals surface area contributed by atoms with E-state index in [0.29, 0.717) is 19.3 Å². The van der Waals surface area contributed by atoms with E-state index in [9.17, 15) is 14.4 Å². The van der Waals surface area contributed by atoms with Crippen molar-refractivity contribution in [1.29, 1.82) is 0 Å². The van der Waals surface area contributed by atoms with E-state index in [0.717, 1.165) is 109 Å². The zero-order valence-electron chi connectivity index (χ0n) is 42.1. The van der Waals surface area contributed by atoms with Gasteiger partial charge in [-0.3, -0.25) is 14.4 Å². The maximum atomic E-state index is 12.8. The van der Waals surface area contributed by atoms with Crippen LogP contribution in [0, 0.1) is 0 Å². The van der Waals surface area contributed by atoms with E-state index in [4.69, 9.17) is 14.2 Å². The summed E-state index contributed by atoms with van der Waals surface area (Å²) in [5.74, 6) is -0.995. The summed E-state index contributed by atoms with van der Waals surface area (Å²) < 4.78 is 16.8. The largest absolute Gasteiger partial charge is 0.462 e. The zero-order chi connectivity index (χ0) is 47.9. The van der Waals surface area contributed by atoms with Gasteiger partial charge in [0, 0.05) is 19.3 Å². The summed E-state index contributed by atoms with van der Waals surface area (Å²) in [5.41, 5.74) is 0. The van der Waals surface area contributed by atoms with Crippen LogP contribution in [0.4, 0.5) is 0 Å². The van der Waals surface area contributed by atoms with Gasteiger partial charge in [0.15, 0.2) is 6.10 Å². The van der Waals surface area contributed by atoms with E-state index < -0.39 is 6.10 Å². The standard InChI is InChI=1S/C60H94O6/c1-4-7-10-13-16-19-22-25-28-30-33-35-38-41-44-47-50-53-59(62)65-56-57(55-64-58(61)52-49-46-43-40-37-34-31-27-24-21-18-15-12-9-6-3)66-60(63)54-51-48-45-42-39-36-32-29-26-23-20-17-14-11-8-5-2/h7,9-10,12-13,15-16,18-19,21-22,24-25,27-33,35,38,57H,4-6,8,11,14,17,20,23,26,34,36-37,39-56H2,1-3H3/b10-7-,12-9-,16-13-,18-15-,22-19-,24-21-,28-25-,31-27-,32-29-,33-30+,38-35-. The molecule has 370 valence electrons. The molecule has 0 amide bonds. The number of hydrogen-bond acceptors (Lipinski definition) is 6. The molecule has 6 nitrogen and oxygen atoms in total. The van der Waals surface area contributed by atoms with Crippen LogP contribution in [0.5, 0.6) is 0 Å². The lowest BCUT2D eigenvalue weighted by Gasteiger charge is -2.18. The monoisotopic (exact) mass is 911 g/mol. The van der Waals surface area contributed by atoms with Crippen molar-refractivity contribution in [2.45, 2.75) is 213 Å². The third-order valence-corrected chi connectivity index (χ3v) is 10.6. The molecule has 0 saturated carbocycles. The van der Waals surface area contributed by atoms with Crippen molar-refractivity contribution >= 4 is 17.9 Å². The molecule has 66 heavy (non-hydrogen) atoms. The van der Waals surface area contributed by atoms with E-state index >= 15 is 0 Å². The summed E-state index contributed by atoms with van der Waals surface area (Å²) in [6, 6.07) is 0. The van der Waals surface area contributed by atoms with Gasteiger partial charge >= 0.3 is 17.9 Å². The Hall–Kier alpha value is -4.45. The molecule has 0 saturated heterocycles. The molecule has 0 aliphatic heterocycles. The fourth-order valence-corrected chi connectivity index (χ4v) is 6.71. The minimum absolute atomic E-state index is 0.113. The first-order valence-corrected chi connectivity index (χ1v) is 26.3. The van der Waals surface area contributed by atoms with Gasteiger partial charge in [-0.05, 0) is 83.5 Å². The summed E-state index contributed by atoms with van der Waals surface area (Å²) in [6.45, 7) is 6.27. The molecule has 0 aliphatic carbocycles. The van der Waals surface area contributed by atoms with Crippen molar-refractivity contribution in [3.63, 3.8) is 0 Å². The van der Waals surface area contributed by atoms with Crippen LogP contribution in [0.25, 0.3) is 0 Å². The molecule has 0 fully saturated rings. The van der Waals surface area contributed by atoms with E-state index in [1.807, 2.05) is 85.1 Å². The van der Waals surface area contributed by atoms with Crippen LogP contribution >= 0.6 is 0 Å². The average molecular weight is 911 g/mol. The summed E-state index contributed by atoms with van der Waals surface area (Å²) in [4.78, 5) is 38.0. The predicted octanol–water partition coefficient (Wildman–Crippen LogP) is 17.5. The second kappa shape index (κ2) is 53.2. The normalized spacial score (nSPS) is 13.2. The minimum Gasteiger partial charge on any atom is -0.462 e. The Bertz CT molecular complexity index is 1460. The van der Waals surface area contributed by atoms with Crippen LogP contribution < -0.4 is 0 Å². The average Bonchev–Trinajstić information content (AvgIpc) is 3.31. The number of hydrogen-bond donors (Lipinski definition) is 0. The Balaban J connectivity index is 4.56. The van der Waals surface area contributed by atoms with Crippen LogP contribution in [0.3, 0.4) is 0 Å². The smallest absolute Gasteiger partial charge is 0.306 e. The van der Waals surface area contributed by atoms with Gasteiger partial charge in [0.25, 0.3) is 0 Å². The molecule has 0 spiro atoms. The van der Waals surface area contributed by atoms with Gasteiger partial charge in [-0.1, -0.05) is 238 Å². The summed E-state index contributed by atoms with van der Waals surface area (Å²) in [6.07, 6.45) is 74.3. The molecule has 0 rings (SSSR count). The van der Waals surface area contributed by atoms with Crippen LogP contribution in [0.1, 0.15) is 207 Å². The molecule has 0 radical (unpaired) electrons. The van der Waals surface area contributed by atoms with Gasteiger partial charge in [-0.25, -0.2) is 0 Å². The first-order valence-electron chi connectivity index (χ1n) is 26.3. The fraction of sp³-hybridized carbons (Fsp3) is 0.583. The number of allylic oxidation sites excluding steroid dienone is 22. The topological polar surface area (TPSA) is 78.9 Å². The summed E-state index contributed by atoms with van der Waals surface area (Å²) in [5, 5.41) is 0. The van der Waals surface area contributed by atoms with Crippen LogP contribution in [-0.4, -0.2) is 37.2 Å². The number of carbonyl (C=O) groups excluding carboxylic acids is 3. The van der Waals surface area contributed by atoms with E-state index in [-0.39, 0.29) is 31.1 Å². The van der Waals surface area contributed by atoms with Gasteiger partial charge in [0.2, 0.25) is 0 Å². The Kier molecular flexibility index (Phi) is 49.6. The first-order chi connectivity index (χ1) is 32.5. The van der Waals surface area contributed by atoms with E-state index in [2.05, 4.69) is 69.4 Å². The number of carbonyl (C=O) groups is 3. The minimum atomic E-state index is -0.816. The zero-order valence-corrected chi connectivity index (χ0v) is 42.1. The Labute approximate surface area is 405 Å². The van der Waals surface area contributed by atoms with Crippen LogP contribution in [0.2, 0.25) is 0 Å². The van der Waals surface area contributed by atoms with Crippen LogP contribution in [0.15, 0.2) is 134 Å².